The quantitative estimate of drug-likeness (QED) is 0.661. The van der Waals surface area contributed by atoms with E-state index in [0.717, 1.165) is 32.8 Å². The van der Waals surface area contributed by atoms with Gasteiger partial charge in [-0.1, -0.05) is 6.92 Å². The average molecular weight is 230 g/mol. The molecule has 1 saturated heterocycles. The largest absolute Gasteiger partial charge is 0.390 e. The molecule has 1 aliphatic heterocycles. The van der Waals surface area contributed by atoms with Gasteiger partial charge in [0.1, 0.15) is 0 Å². The van der Waals surface area contributed by atoms with Crippen molar-refractivity contribution in [3.8, 4) is 0 Å². The molecule has 4 nitrogen and oxygen atoms in total. The van der Waals surface area contributed by atoms with Crippen LogP contribution >= 0.6 is 0 Å². The van der Waals surface area contributed by atoms with Gasteiger partial charge in [0.2, 0.25) is 0 Å². The molecule has 2 N–H and O–H groups in total. The minimum absolute atomic E-state index is 0.269. The van der Waals surface area contributed by atoms with Crippen molar-refractivity contribution in [2.45, 2.75) is 25.9 Å². The van der Waals surface area contributed by atoms with Crippen LogP contribution < -0.4 is 5.32 Å². The molecule has 0 aromatic carbocycles. The highest BCUT2D eigenvalue weighted by molar-refractivity contribution is 4.70. The number of aliphatic hydroxyl groups is 1. The Morgan fingerprint density at radius 1 is 1.56 bits per heavy atom. The lowest BCUT2D eigenvalue weighted by molar-refractivity contribution is 0.0344. The first kappa shape index (κ1) is 13.9. The maximum Gasteiger partial charge on any atom is 0.0791 e. The SMILES string of the molecule is CCNCC(O)CN(C)CC1CCCOC1. The lowest BCUT2D eigenvalue weighted by Gasteiger charge is -2.28. The minimum atomic E-state index is -0.269. The smallest absolute Gasteiger partial charge is 0.0791 e. The molecular formula is C12H26N2O2. The Hall–Kier alpha value is -0.160. The van der Waals surface area contributed by atoms with Crippen LogP contribution in [0, 0.1) is 5.92 Å². The second-order valence-electron chi connectivity index (χ2n) is 4.77. The van der Waals surface area contributed by atoms with Gasteiger partial charge in [0.15, 0.2) is 0 Å². The van der Waals surface area contributed by atoms with Crippen molar-refractivity contribution in [3.63, 3.8) is 0 Å². The summed E-state index contributed by atoms with van der Waals surface area (Å²) < 4.78 is 5.45. The van der Waals surface area contributed by atoms with Crippen molar-refractivity contribution in [2.75, 3.05) is 46.4 Å². The Morgan fingerprint density at radius 2 is 2.38 bits per heavy atom. The molecule has 0 aliphatic carbocycles. The summed E-state index contributed by atoms with van der Waals surface area (Å²) in [6.07, 6.45) is 2.17. The predicted octanol–water partition coefficient (Wildman–Crippen LogP) is 0.315. The van der Waals surface area contributed by atoms with E-state index in [2.05, 4.69) is 24.2 Å². The molecule has 96 valence electrons. The number of aliphatic hydroxyl groups excluding tert-OH is 1. The van der Waals surface area contributed by atoms with Crippen molar-refractivity contribution in [3.05, 3.63) is 0 Å². The van der Waals surface area contributed by atoms with Crippen molar-refractivity contribution < 1.29 is 9.84 Å². The van der Waals surface area contributed by atoms with Crippen LogP contribution in [-0.4, -0.2) is 62.6 Å². The molecule has 1 heterocycles. The van der Waals surface area contributed by atoms with Gasteiger partial charge in [-0.25, -0.2) is 0 Å². The Bertz CT molecular complexity index is 172. The first-order valence-corrected chi connectivity index (χ1v) is 6.37. The minimum Gasteiger partial charge on any atom is -0.390 e. The average Bonchev–Trinajstić information content (AvgIpc) is 2.27. The van der Waals surface area contributed by atoms with E-state index in [1.54, 1.807) is 0 Å². The number of rotatable bonds is 7. The van der Waals surface area contributed by atoms with Gasteiger partial charge in [-0.15, -0.1) is 0 Å². The van der Waals surface area contributed by atoms with Gasteiger partial charge in [0, 0.05) is 26.2 Å². The first-order chi connectivity index (χ1) is 7.72. The third kappa shape index (κ3) is 5.80. The van der Waals surface area contributed by atoms with Crippen molar-refractivity contribution in [2.24, 2.45) is 5.92 Å². The van der Waals surface area contributed by atoms with Crippen LogP contribution in [0.1, 0.15) is 19.8 Å². The van der Waals surface area contributed by atoms with E-state index in [4.69, 9.17) is 4.74 Å². The zero-order valence-corrected chi connectivity index (χ0v) is 10.6. The molecule has 0 spiro atoms. The van der Waals surface area contributed by atoms with Gasteiger partial charge in [0.25, 0.3) is 0 Å². The fourth-order valence-electron chi connectivity index (χ4n) is 2.20. The van der Waals surface area contributed by atoms with Crippen LogP contribution in [0.25, 0.3) is 0 Å². The Morgan fingerprint density at radius 3 is 3.00 bits per heavy atom. The number of ether oxygens (including phenoxy) is 1. The van der Waals surface area contributed by atoms with Gasteiger partial charge in [-0.05, 0) is 32.4 Å². The van der Waals surface area contributed by atoms with Crippen LogP contribution in [0.4, 0.5) is 0 Å². The molecule has 4 heteroatoms. The number of hydrogen-bond acceptors (Lipinski definition) is 4. The summed E-state index contributed by atoms with van der Waals surface area (Å²) in [5.41, 5.74) is 0. The molecule has 0 aromatic heterocycles. The Kier molecular flexibility index (Phi) is 6.96. The van der Waals surface area contributed by atoms with Crippen LogP contribution in [-0.2, 0) is 4.74 Å². The molecule has 0 saturated carbocycles. The van der Waals surface area contributed by atoms with Gasteiger partial charge < -0.3 is 20.1 Å². The zero-order chi connectivity index (χ0) is 11.8. The number of hydrogen-bond donors (Lipinski definition) is 2. The zero-order valence-electron chi connectivity index (χ0n) is 10.6. The standard InChI is InChI=1S/C12H26N2O2/c1-3-13-7-12(15)9-14(2)8-11-5-4-6-16-10-11/h11-13,15H,3-10H2,1-2H3. The maximum absolute atomic E-state index is 9.74. The molecule has 2 atom stereocenters. The molecule has 0 radical (unpaired) electrons. The van der Waals surface area contributed by atoms with E-state index in [1.165, 1.54) is 12.8 Å². The molecule has 2 unspecified atom stereocenters. The fourth-order valence-corrected chi connectivity index (χ4v) is 2.20. The van der Waals surface area contributed by atoms with Gasteiger partial charge in [-0.2, -0.15) is 0 Å². The maximum atomic E-state index is 9.74. The van der Waals surface area contributed by atoms with Crippen LogP contribution in [0.2, 0.25) is 0 Å². The van der Waals surface area contributed by atoms with Crippen molar-refractivity contribution >= 4 is 0 Å². The predicted molar refractivity (Wildman–Crippen MR) is 65.6 cm³/mol. The van der Waals surface area contributed by atoms with Crippen LogP contribution in [0.15, 0.2) is 0 Å². The normalized spacial score (nSPS) is 23.6. The lowest BCUT2D eigenvalue weighted by atomic mass is 10.0. The Balaban J connectivity index is 2.11. The molecule has 16 heavy (non-hydrogen) atoms. The van der Waals surface area contributed by atoms with E-state index in [9.17, 15) is 5.11 Å². The highest BCUT2D eigenvalue weighted by Gasteiger charge is 2.17. The fraction of sp³-hybridized carbons (Fsp3) is 1.00. The molecule has 0 aromatic rings. The summed E-state index contributed by atoms with van der Waals surface area (Å²) in [4.78, 5) is 2.21. The third-order valence-electron chi connectivity index (χ3n) is 2.98. The van der Waals surface area contributed by atoms with E-state index >= 15 is 0 Å². The van der Waals surface area contributed by atoms with Gasteiger partial charge >= 0.3 is 0 Å². The summed E-state index contributed by atoms with van der Waals surface area (Å²) in [7, 11) is 2.07. The van der Waals surface area contributed by atoms with Crippen LogP contribution in [0.5, 0.6) is 0 Å². The topological polar surface area (TPSA) is 44.7 Å². The number of nitrogens with one attached hydrogen (secondary N) is 1. The van der Waals surface area contributed by atoms with Crippen molar-refractivity contribution in [1.82, 2.24) is 10.2 Å². The molecule has 0 amide bonds. The number of nitrogens with zero attached hydrogens (tertiary/aromatic N) is 1. The summed E-state index contributed by atoms with van der Waals surface area (Å²) in [6, 6.07) is 0. The summed E-state index contributed by atoms with van der Waals surface area (Å²) >= 11 is 0. The van der Waals surface area contributed by atoms with E-state index in [1.807, 2.05) is 0 Å². The van der Waals surface area contributed by atoms with E-state index < -0.39 is 0 Å². The van der Waals surface area contributed by atoms with Crippen LogP contribution in [0.3, 0.4) is 0 Å². The number of likely N-dealkylation sites (N-methyl/N-ethyl adjacent to an activating group) is 2. The van der Waals surface area contributed by atoms with Crippen molar-refractivity contribution in [1.29, 1.82) is 0 Å². The highest BCUT2D eigenvalue weighted by Crippen LogP contribution is 2.14. The van der Waals surface area contributed by atoms with E-state index in [0.29, 0.717) is 12.5 Å². The van der Waals surface area contributed by atoms with Gasteiger partial charge in [-0.3, -0.25) is 0 Å². The molecule has 0 bridgehead atoms. The summed E-state index contributed by atoms with van der Waals surface area (Å²) in [5.74, 6) is 0.644. The molecule has 1 fully saturated rings. The van der Waals surface area contributed by atoms with E-state index in [-0.39, 0.29) is 6.10 Å². The molecule has 1 rings (SSSR count). The second-order valence-corrected chi connectivity index (χ2v) is 4.77. The molecule has 1 aliphatic rings. The lowest BCUT2D eigenvalue weighted by Crippen LogP contribution is -2.39. The monoisotopic (exact) mass is 230 g/mol. The second kappa shape index (κ2) is 8.01. The first-order valence-electron chi connectivity index (χ1n) is 6.37. The Labute approximate surface area is 99.0 Å². The highest BCUT2D eigenvalue weighted by atomic mass is 16.5. The third-order valence-corrected chi connectivity index (χ3v) is 2.98. The summed E-state index contributed by atoms with van der Waals surface area (Å²) in [6.45, 7) is 7.22. The summed E-state index contributed by atoms with van der Waals surface area (Å²) in [5, 5.41) is 12.9. The molecular weight excluding hydrogens is 204 g/mol. The van der Waals surface area contributed by atoms with Gasteiger partial charge in [0.05, 0.1) is 12.7 Å².